The van der Waals surface area contributed by atoms with Crippen LogP contribution in [0.4, 0.5) is 0 Å². The maximum absolute atomic E-state index is 5.30. The maximum atomic E-state index is 5.30. The molecule has 0 spiro atoms. The summed E-state index contributed by atoms with van der Waals surface area (Å²) in [6.07, 6.45) is 0. The second-order valence-corrected chi connectivity index (χ2v) is 7.12. The molecule has 6 nitrogen and oxygen atoms in total. The molecule has 154 valence electrons. The molecule has 6 heteroatoms. The summed E-state index contributed by atoms with van der Waals surface area (Å²) >= 11 is 0. The van der Waals surface area contributed by atoms with E-state index in [0.717, 1.165) is 43.6 Å². The van der Waals surface area contributed by atoms with Gasteiger partial charge in [0, 0.05) is 31.6 Å². The molecule has 0 saturated carbocycles. The van der Waals surface area contributed by atoms with E-state index < -0.39 is 0 Å². The van der Waals surface area contributed by atoms with Gasteiger partial charge >= 0.3 is 0 Å². The Hall–Kier alpha value is -2.34. The Morgan fingerprint density at radius 2 is 1.75 bits per heavy atom. The van der Waals surface area contributed by atoms with Crippen molar-refractivity contribution in [1.29, 1.82) is 0 Å². The molecule has 1 aromatic heterocycles. The van der Waals surface area contributed by atoms with Crippen LogP contribution in [0.5, 0.6) is 0 Å². The highest BCUT2D eigenvalue weighted by Gasteiger charge is 2.19. The Kier molecular flexibility index (Phi) is 8.51. The molecule has 2 aromatic rings. The summed E-state index contributed by atoms with van der Waals surface area (Å²) in [6.45, 7) is 14.1. The van der Waals surface area contributed by atoms with E-state index in [-0.39, 0.29) is 5.92 Å². The van der Waals surface area contributed by atoms with E-state index in [1.807, 2.05) is 20.9 Å². The second kappa shape index (κ2) is 10.9. The van der Waals surface area contributed by atoms with Crippen LogP contribution in [0.3, 0.4) is 0 Å². The van der Waals surface area contributed by atoms with Crippen molar-refractivity contribution in [3.63, 3.8) is 0 Å². The van der Waals surface area contributed by atoms with Crippen LogP contribution in [0, 0.1) is 13.8 Å². The van der Waals surface area contributed by atoms with E-state index in [2.05, 4.69) is 76.8 Å². The Morgan fingerprint density at radius 1 is 1.11 bits per heavy atom. The zero-order valence-electron chi connectivity index (χ0n) is 18.1. The molecule has 0 amide bonds. The maximum Gasteiger partial charge on any atom is 0.191 e. The van der Waals surface area contributed by atoms with Crippen LogP contribution in [0.1, 0.15) is 55.3 Å². The molecular formula is C22H35N5O. The van der Waals surface area contributed by atoms with E-state index >= 15 is 0 Å². The van der Waals surface area contributed by atoms with Gasteiger partial charge in [0.15, 0.2) is 5.96 Å². The van der Waals surface area contributed by atoms with Gasteiger partial charge < -0.3 is 15.2 Å². The van der Waals surface area contributed by atoms with Crippen molar-refractivity contribution >= 4 is 5.96 Å². The predicted octanol–water partition coefficient (Wildman–Crippen LogP) is 3.64. The third-order valence-electron chi connectivity index (χ3n) is 5.28. The summed E-state index contributed by atoms with van der Waals surface area (Å²) in [5.74, 6) is 1.99. The van der Waals surface area contributed by atoms with Crippen molar-refractivity contribution in [2.45, 2.75) is 46.6 Å². The highest BCUT2D eigenvalue weighted by atomic mass is 16.5. The largest absolute Gasteiger partial charge is 0.361 e. The zero-order chi connectivity index (χ0) is 20.5. The molecule has 0 radical (unpaired) electrons. The number of hydrogen-bond acceptors (Lipinski definition) is 4. The van der Waals surface area contributed by atoms with E-state index in [0.29, 0.717) is 6.04 Å². The Balaban J connectivity index is 1.99. The van der Waals surface area contributed by atoms with Crippen LogP contribution in [-0.4, -0.2) is 49.2 Å². The smallest absolute Gasteiger partial charge is 0.191 e. The van der Waals surface area contributed by atoms with Crippen LogP contribution >= 0.6 is 0 Å². The van der Waals surface area contributed by atoms with E-state index in [9.17, 15) is 0 Å². The van der Waals surface area contributed by atoms with Gasteiger partial charge in [0.05, 0.1) is 11.7 Å². The minimum atomic E-state index is 0.289. The second-order valence-electron chi connectivity index (χ2n) is 7.12. The van der Waals surface area contributed by atoms with Gasteiger partial charge in [0.2, 0.25) is 0 Å². The first-order valence-electron chi connectivity index (χ1n) is 10.2. The van der Waals surface area contributed by atoms with Gasteiger partial charge in [0.25, 0.3) is 0 Å². The normalized spacial score (nSPS) is 14.2. The topological polar surface area (TPSA) is 65.7 Å². The highest BCUT2D eigenvalue weighted by molar-refractivity contribution is 5.79. The van der Waals surface area contributed by atoms with Crippen LogP contribution in [0.15, 0.2) is 39.8 Å². The first-order chi connectivity index (χ1) is 13.5. The SMILES string of the molecule is CCN(CC)C(CNC(=NC)NCC(C)c1c(C)noc1C)c1ccccc1. The lowest BCUT2D eigenvalue weighted by Gasteiger charge is -2.31. The first kappa shape index (κ1) is 22.0. The highest BCUT2D eigenvalue weighted by Crippen LogP contribution is 2.22. The van der Waals surface area contributed by atoms with Gasteiger partial charge in [-0.15, -0.1) is 0 Å². The minimum Gasteiger partial charge on any atom is -0.361 e. The van der Waals surface area contributed by atoms with Gasteiger partial charge in [-0.3, -0.25) is 9.89 Å². The fourth-order valence-electron chi connectivity index (χ4n) is 3.76. The Bertz CT molecular complexity index is 717. The molecule has 0 saturated heterocycles. The van der Waals surface area contributed by atoms with Crippen LogP contribution in [0.25, 0.3) is 0 Å². The number of nitrogens with one attached hydrogen (secondary N) is 2. The molecule has 2 unspecified atom stereocenters. The van der Waals surface area contributed by atoms with Crippen molar-refractivity contribution in [2.24, 2.45) is 4.99 Å². The standard InChI is InChI=1S/C22H35N5O/c1-7-27(8-2)20(19-12-10-9-11-13-19)15-25-22(23-6)24-14-16(3)21-17(4)26-28-18(21)5/h9-13,16,20H,7-8,14-15H2,1-6H3,(H2,23,24,25). The minimum absolute atomic E-state index is 0.289. The lowest BCUT2D eigenvalue weighted by Crippen LogP contribution is -2.44. The molecule has 2 atom stereocenters. The number of nitrogens with zero attached hydrogens (tertiary/aromatic N) is 3. The lowest BCUT2D eigenvalue weighted by molar-refractivity contribution is 0.219. The third kappa shape index (κ3) is 5.58. The number of benzene rings is 1. The molecule has 0 aliphatic rings. The molecule has 0 bridgehead atoms. The molecule has 1 aromatic carbocycles. The van der Waals surface area contributed by atoms with Crippen LogP contribution in [-0.2, 0) is 0 Å². The number of hydrogen-bond donors (Lipinski definition) is 2. The predicted molar refractivity (Wildman–Crippen MR) is 116 cm³/mol. The van der Waals surface area contributed by atoms with Gasteiger partial charge in [-0.05, 0) is 32.5 Å². The van der Waals surface area contributed by atoms with Crippen molar-refractivity contribution in [3.8, 4) is 0 Å². The van der Waals surface area contributed by atoms with Crippen molar-refractivity contribution < 1.29 is 4.52 Å². The summed E-state index contributed by atoms with van der Waals surface area (Å²) in [4.78, 5) is 6.86. The molecule has 0 aliphatic carbocycles. The number of rotatable bonds is 9. The van der Waals surface area contributed by atoms with Gasteiger partial charge in [0.1, 0.15) is 5.76 Å². The average Bonchev–Trinajstić information content (AvgIpc) is 3.06. The molecule has 0 aliphatic heterocycles. The van der Waals surface area contributed by atoms with Crippen molar-refractivity contribution in [1.82, 2.24) is 20.7 Å². The molecule has 1 heterocycles. The molecule has 0 fully saturated rings. The van der Waals surface area contributed by atoms with E-state index in [1.54, 1.807) is 0 Å². The number of likely N-dealkylation sites (N-methyl/N-ethyl adjacent to an activating group) is 1. The summed E-state index contributed by atoms with van der Waals surface area (Å²) in [5.41, 5.74) is 3.45. The Morgan fingerprint density at radius 3 is 2.29 bits per heavy atom. The summed E-state index contributed by atoms with van der Waals surface area (Å²) in [6, 6.07) is 11.0. The summed E-state index contributed by atoms with van der Waals surface area (Å²) in [7, 11) is 1.81. The zero-order valence-corrected chi connectivity index (χ0v) is 18.1. The number of guanidine groups is 1. The van der Waals surface area contributed by atoms with E-state index in [1.165, 1.54) is 11.1 Å². The number of aryl methyl sites for hydroxylation is 2. The van der Waals surface area contributed by atoms with Gasteiger partial charge in [-0.1, -0.05) is 56.3 Å². The fraction of sp³-hybridized carbons (Fsp3) is 0.545. The fourth-order valence-corrected chi connectivity index (χ4v) is 3.76. The quantitative estimate of drug-likeness (QED) is 0.510. The molecule has 2 N–H and O–H groups in total. The number of aliphatic imine (C=N–C) groups is 1. The molecule has 2 rings (SSSR count). The van der Waals surface area contributed by atoms with Crippen LogP contribution < -0.4 is 10.6 Å². The van der Waals surface area contributed by atoms with Gasteiger partial charge in [-0.25, -0.2) is 0 Å². The van der Waals surface area contributed by atoms with Gasteiger partial charge in [-0.2, -0.15) is 0 Å². The third-order valence-corrected chi connectivity index (χ3v) is 5.28. The van der Waals surface area contributed by atoms with Crippen LogP contribution in [0.2, 0.25) is 0 Å². The van der Waals surface area contributed by atoms with E-state index in [4.69, 9.17) is 4.52 Å². The summed E-state index contributed by atoms with van der Waals surface area (Å²) < 4.78 is 5.30. The van der Waals surface area contributed by atoms with Crippen molar-refractivity contribution in [2.75, 3.05) is 33.2 Å². The molecule has 28 heavy (non-hydrogen) atoms. The Labute approximate surface area is 169 Å². The monoisotopic (exact) mass is 385 g/mol. The summed E-state index contributed by atoms with van der Waals surface area (Å²) in [5, 5.41) is 11.0. The first-order valence-corrected chi connectivity index (χ1v) is 10.2. The molecular weight excluding hydrogens is 350 g/mol. The number of aromatic nitrogens is 1. The van der Waals surface area contributed by atoms with Crippen molar-refractivity contribution in [3.05, 3.63) is 52.9 Å². The average molecular weight is 386 g/mol. The lowest BCUT2D eigenvalue weighted by atomic mass is 10.00.